The van der Waals surface area contributed by atoms with E-state index in [0.29, 0.717) is 0 Å². The fourth-order valence-electron chi connectivity index (χ4n) is 4.12. The number of nitrogens with zero attached hydrogens (tertiary/aromatic N) is 3. The van der Waals surface area contributed by atoms with Crippen LogP contribution in [-0.4, -0.2) is 44.0 Å². The van der Waals surface area contributed by atoms with Crippen LogP contribution in [0.1, 0.15) is 24.2 Å². The molecule has 29 heavy (non-hydrogen) atoms. The van der Waals surface area contributed by atoms with E-state index in [-0.39, 0.29) is 43.1 Å². The summed E-state index contributed by atoms with van der Waals surface area (Å²) in [6.07, 6.45) is 5.42. The van der Waals surface area contributed by atoms with Crippen molar-refractivity contribution in [2.45, 2.75) is 25.8 Å². The number of rotatable bonds is 6. The molecular weight excluding hydrogens is 411 g/mol. The summed E-state index contributed by atoms with van der Waals surface area (Å²) in [4.78, 5) is 25.9. The lowest BCUT2D eigenvalue weighted by Crippen LogP contribution is -2.41. The Bertz CT molecular complexity index is 886. The van der Waals surface area contributed by atoms with Crippen LogP contribution in [0.3, 0.4) is 0 Å². The van der Waals surface area contributed by atoms with E-state index in [2.05, 4.69) is 44.1 Å². The lowest BCUT2D eigenvalue weighted by Gasteiger charge is -2.38. The molecule has 156 valence electrons. The van der Waals surface area contributed by atoms with E-state index in [9.17, 15) is 9.90 Å². The molecule has 2 N–H and O–H groups in total. The van der Waals surface area contributed by atoms with Gasteiger partial charge in [-0.05, 0) is 36.4 Å². The lowest BCUT2D eigenvalue weighted by atomic mass is 9.81. The number of carbonyl (C=O) groups is 1. The van der Waals surface area contributed by atoms with E-state index in [4.69, 9.17) is 0 Å². The first kappa shape index (κ1) is 23.1. The number of aromatic nitrogens is 3. The standard InChI is InChI=1S/C21H24N4O2.2ClH/c26-21(27)11-16-7-9-25(13-15-4-2-1-3-5-15)14-17(16)10-20-23-18-6-8-22-12-19(18)24-20;;/h1-6,8,12,16-17H,7,9-11,13-14H2,(H,23,24)(H,26,27);2*1H/t16-,17-;;/m0../s1. The smallest absolute Gasteiger partial charge is 0.303 e. The van der Waals surface area contributed by atoms with Crippen molar-refractivity contribution in [3.63, 3.8) is 0 Å². The molecule has 0 aliphatic carbocycles. The molecule has 0 unspecified atom stereocenters. The van der Waals surface area contributed by atoms with Crippen LogP contribution in [0.2, 0.25) is 0 Å². The molecule has 1 fully saturated rings. The highest BCUT2D eigenvalue weighted by Crippen LogP contribution is 2.30. The summed E-state index contributed by atoms with van der Waals surface area (Å²) in [5.41, 5.74) is 3.13. The van der Waals surface area contributed by atoms with Gasteiger partial charge in [-0.15, -0.1) is 24.8 Å². The molecule has 3 aromatic rings. The highest BCUT2D eigenvalue weighted by atomic mass is 35.5. The maximum absolute atomic E-state index is 11.3. The summed E-state index contributed by atoms with van der Waals surface area (Å²) >= 11 is 0. The maximum Gasteiger partial charge on any atom is 0.303 e. The summed E-state index contributed by atoms with van der Waals surface area (Å²) in [5, 5.41) is 9.32. The molecule has 3 heterocycles. The molecular formula is C21H26Cl2N4O2. The van der Waals surface area contributed by atoms with Crippen molar-refractivity contribution in [2.24, 2.45) is 11.8 Å². The highest BCUT2D eigenvalue weighted by Gasteiger charge is 2.31. The summed E-state index contributed by atoms with van der Waals surface area (Å²) in [7, 11) is 0. The zero-order valence-corrected chi connectivity index (χ0v) is 17.7. The van der Waals surface area contributed by atoms with Gasteiger partial charge in [-0.3, -0.25) is 14.7 Å². The van der Waals surface area contributed by atoms with Crippen molar-refractivity contribution < 1.29 is 9.90 Å². The molecule has 0 spiro atoms. The summed E-state index contributed by atoms with van der Waals surface area (Å²) in [6.45, 7) is 2.73. The number of H-pyrrole nitrogens is 1. The molecule has 0 amide bonds. The van der Waals surface area contributed by atoms with Crippen LogP contribution in [-0.2, 0) is 17.8 Å². The Hall–Kier alpha value is -2.15. The molecule has 0 bridgehead atoms. The van der Waals surface area contributed by atoms with Crippen LogP contribution in [0.15, 0.2) is 48.8 Å². The Morgan fingerprint density at radius 3 is 2.69 bits per heavy atom. The maximum atomic E-state index is 11.3. The second kappa shape index (κ2) is 10.6. The first-order chi connectivity index (χ1) is 13.2. The normalized spacial score (nSPS) is 19.3. The molecule has 8 heteroatoms. The number of pyridine rings is 1. The molecule has 0 saturated carbocycles. The third-order valence-electron chi connectivity index (χ3n) is 5.45. The molecule has 1 saturated heterocycles. The van der Waals surface area contributed by atoms with Crippen LogP contribution >= 0.6 is 24.8 Å². The van der Waals surface area contributed by atoms with Gasteiger partial charge in [0.2, 0.25) is 0 Å². The Labute approximate surface area is 182 Å². The first-order valence-electron chi connectivity index (χ1n) is 9.44. The minimum absolute atomic E-state index is 0. The number of carboxylic acid groups (broad SMARTS) is 1. The predicted molar refractivity (Wildman–Crippen MR) is 118 cm³/mol. The third kappa shape index (κ3) is 5.92. The zero-order valence-electron chi connectivity index (χ0n) is 16.0. The van der Waals surface area contributed by atoms with Crippen molar-refractivity contribution in [2.75, 3.05) is 13.1 Å². The molecule has 2 aromatic heterocycles. The number of benzene rings is 1. The molecule has 1 aliphatic heterocycles. The molecule has 1 aliphatic rings. The number of imidazole rings is 1. The Kier molecular flexibility index (Phi) is 8.44. The van der Waals surface area contributed by atoms with Gasteiger partial charge in [-0.2, -0.15) is 0 Å². The van der Waals surface area contributed by atoms with E-state index < -0.39 is 5.97 Å². The van der Waals surface area contributed by atoms with Crippen LogP contribution in [0.5, 0.6) is 0 Å². The first-order valence-corrected chi connectivity index (χ1v) is 9.44. The summed E-state index contributed by atoms with van der Waals surface area (Å²) in [6, 6.07) is 12.3. The highest BCUT2D eigenvalue weighted by molar-refractivity contribution is 5.85. The summed E-state index contributed by atoms with van der Waals surface area (Å²) in [5.74, 6) is 0.656. The minimum atomic E-state index is -0.713. The number of piperidine rings is 1. The lowest BCUT2D eigenvalue weighted by molar-refractivity contribution is -0.139. The molecule has 2 atom stereocenters. The number of hydrogen-bond acceptors (Lipinski definition) is 4. The SMILES string of the molecule is Cl.Cl.O=C(O)C[C@@H]1CCN(Cc2ccccc2)C[C@@H]1Cc1nc2ccncc2[nH]1. The van der Waals surface area contributed by atoms with E-state index in [1.54, 1.807) is 12.4 Å². The Morgan fingerprint density at radius 1 is 1.17 bits per heavy atom. The van der Waals surface area contributed by atoms with Gasteiger partial charge in [-0.25, -0.2) is 4.98 Å². The number of fused-ring (bicyclic) bond motifs is 1. The van der Waals surface area contributed by atoms with Crippen molar-refractivity contribution in [1.29, 1.82) is 0 Å². The number of nitrogens with one attached hydrogen (secondary N) is 1. The van der Waals surface area contributed by atoms with E-state index in [1.165, 1.54) is 5.56 Å². The molecule has 6 nitrogen and oxygen atoms in total. The zero-order chi connectivity index (χ0) is 18.6. The number of halogens is 2. The fourth-order valence-corrected chi connectivity index (χ4v) is 4.12. The third-order valence-corrected chi connectivity index (χ3v) is 5.45. The number of aromatic amines is 1. The van der Waals surface area contributed by atoms with Crippen molar-refractivity contribution in [3.05, 3.63) is 60.2 Å². The van der Waals surface area contributed by atoms with Crippen molar-refractivity contribution >= 4 is 41.8 Å². The second-order valence-corrected chi connectivity index (χ2v) is 7.41. The van der Waals surface area contributed by atoms with Gasteiger partial charge in [-0.1, -0.05) is 30.3 Å². The van der Waals surface area contributed by atoms with Crippen molar-refractivity contribution in [1.82, 2.24) is 19.9 Å². The Morgan fingerprint density at radius 2 is 1.97 bits per heavy atom. The summed E-state index contributed by atoms with van der Waals surface area (Å²) < 4.78 is 0. The average Bonchev–Trinajstić information content (AvgIpc) is 3.07. The monoisotopic (exact) mass is 436 g/mol. The van der Waals surface area contributed by atoms with Gasteiger partial charge in [0.1, 0.15) is 5.82 Å². The van der Waals surface area contributed by atoms with Gasteiger partial charge < -0.3 is 10.1 Å². The van der Waals surface area contributed by atoms with Crippen LogP contribution in [0, 0.1) is 11.8 Å². The molecule has 1 aromatic carbocycles. The van der Waals surface area contributed by atoms with Gasteiger partial charge in [0.05, 0.1) is 17.2 Å². The largest absolute Gasteiger partial charge is 0.481 e. The van der Waals surface area contributed by atoms with E-state index in [0.717, 1.165) is 49.3 Å². The van der Waals surface area contributed by atoms with Gasteiger partial charge >= 0.3 is 5.97 Å². The van der Waals surface area contributed by atoms with Crippen LogP contribution < -0.4 is 0 Å². The quantitative estimate of drug-likeness (QED) is 0.610. The molecule has 4 rings (SSSR count). The van der Waals surface area contributed by atoms with E-state index in [1.807, 2.05) is 12.1 Å². The van der Waals surface area contributed by atoms with Crippen LogP contribution in [0.4, 0.5) is 0 Å². The predicted octanol–water partition coefficient (Wildman–Crippen LogP) is 3.96. The van der Waals surface area contributed by atoms with Gasteiger partial charge in [0, 0.05) is 32.1 Å². The van der Waals surface area contributed by atoms with Gasteiger partial charge in [0.25, 0.3) is 0 Å². The van der Waals surface area contributed by atoms with Crippen molar-refractivity contribution in [3.8, 4) is 0 Å². The minimum Gasteiger partial charge on any atom is -0.481 e. The van der Waals surface area contributed by atoms with E-state index >= 15 is 0 Å². The average molecular weight is 437 g/mol. The fraction of sp³-hybridized carbons (Fsp3) is 0.381. The van der Waals surface area contributed by atoms with Crippen LogP contribution in [0.25, 0.3) is 11.0 Å². The number of aliphatic carboxylic acids is 1. The Balaban J connectivity index is 0.00000150. The number of likely N-dealkylation sites (tertiary alicyclic amines) is 1. The van der Waals surface area contributed by atoms with Gasteiger partial charge in [0.15, 0.2) is 0 Å². The number of carboxylic acids is 1. The topological polar surface area (TPSA) is 82.1 Å². The molecule has 0 radical (unpaired) electrons. The number of hydrogen-bond donors (Lipinski definition) is 2. The second-order valence-electron chi connectivity index (χ2n) is 7.41.